The van der Waals surface area contributed by atoms with Crippen LogP contribution in [0.4, 0.5) is 9.59 Å². The molecule has 1 aliphatic carbocycles. The van der Waals surface area contributed by atoms with Crippen LogP contribution in [0.5, 0.6) is 0 Å². The van der Waals surface area contributed by atoms with Gasteiger partial charge in [-0.1, -0.05) is 48.5 Å². The number of nitrogens with zero attached hydrogens (tertiary/aromatic N) is 1. The fourth-order valence-electron chi connectivity index (χ4n) is 3.69. The summed E-state index contributed by atoms with van der Waals surface area (Å²) in [4.78, 5) is 36.7. The van der Waals surface area contributed by atoms with Crippen LogP contribution in [0, 0.1) is 0 Å². The van der Waals surface area contributed by atoms with E-state index in [0.717, 1.165) is 27.2 Å². The lowest BCUT2D eigenvalue weighted by molar-refractivity contribution is -0.138. The molecule has 2 amide bonds. The van der Waals surface area contributed by atoms with Gasteiger partial charge in [-0.05, 0) is 43.0 Å². The lowest BCUT2D eigenvalue weighted by Crippen LogP contribution is -2.42. The number of ether oxygens (including phenoxy) is 2. The van der Waals surface area contributed by atoms with Crippen molar-refractivity contribution in [1.29, 1.82) is 0 Å². The van der Waals surface area contributed by atoms with Crippen molar-refractivity contribution in [3.8, 4) is 11.1 Å². The first-order chi connectivity index (χ1) is 15.2. The first-order valence-corrected chi connectivity index (χ1v) is 10.4. The second-order valence-electron chi connectivity index (χ2n) is 8.55. The Morgan fingerprint density at radius 3 is 2.09 bits per heavy atom. The smallest absolute Gasteiger partial charge is 0.410 e. The standard InChI is InChI=1S/C24H28N2O6/c1-24(2,3)32-22(29)25-12-13-26(14-21(27)28)23(30)31-15-20-18-10-6-4-8-16(18)17-9-5-7-11-19(17)20/h4-11,20H,12-15H2,1-3H3,(H,25,29)(H,27,28). The van der Waals surface area contributed by atoms with Crippen LogP contribution in [0.2, 0.25) is 0 Å². The minimum Gasteiger partial charge on any atom is -0.480 e. The Kier molecular flexibility index (Phi) is 7.02. The fraction of sp³-hybridized carbons (Fsp3) is 0.375. The van der Waals surface area contributed by atoms with Gasteiger partial charge in [-0.2, -0.15) is 0 Å². The van der Waals surface area contributed by atoms with Gasteiger partial charge in [0.1, 0.15) is 18.8 Å². The van der Waals surface area contributed by atoms with Crippen molar-refractivity contribution in [3.63, 3.8) is 0 Å². The molecular formula is C24H28N2O6. The fourth-order valence-corrected chi connectivity index (χ4v) is 3.69. The van der Waals surface area contributed by atoms with Crippen LogP contribution in [0.25, 0.3) is 11.1 Å². The van der Waals surface area contributed by atoms with Crippen LogP contribution in [-0.2, 0) is 14.3 Å². The highest BCUT2D eigenvalue weighted by atomic mass is 16.6. The maximum atomic E-state index is 12.7. The largest absolute Gasteiger partial charge is 0.480 e. The van der Waals surface area contributed by atoms with E-state index >= 15 is 0 Å². The predicted molar refractivity (Wildman–Crippen MR) is 119 cm³/mol. The lowest BCUT2D eigenvalue weighted by Gasteiger charge is -2.23. The molecule has 170 valence electrons. The van der Waals surface area contributed by atoms with E-state index in [1.165, 1.54) is 0 Å². The zero-order valence-electron chi connectivity index (χ0n) is 18.5. The predicted octanol–water partition coefficient (Wildman–Crippen LogP) is 3.85. The number of fused-ring (bicyclic) bond motifs is 3. The second-order valence-corrected chi connectivity index (χ2v) is 8.55. The molecule has 0 fully saturated rings. The van der Waals surface area contributed by atoms with E-state index < -0.39 is 30.3 Å². The van der Waals surface area contributed by atoms with Gasteiger partial charge in [0.05, 0.1) is 0 Å². The molecule has 0 aromatic heterocycles. The second kappa shape index (κ2) is 9.72. The SMILES string of the molecule is CC(C)(C)OC(=O)NCCN(CC(=O)O)C(=O)OCC1c2ccccc2-c2ccccc21. The summed E-state index contributed by atoms with van der Waals surface area (Å²) in [5.41, 5.74) is 3.69. The average molecular weight is 440 g/mol. The normalized spacial score (nSPS) is 12.5. The number of benzene rings is 2. The van der Waals surface area contributed by atoms with Crippen LogP contribution in [0.15, 0.2) is 48.5 Å². The van der Waals surface area contributed by atoms with Crippen LogP contribution < -0.4 is 5.32 Å². The minimum atomic E-state index is -1.17. The molecule has 8 heteroatoms. The molecule has 2 aromatic carbocycles. The van der Waals surface area contributed by atoms with Crippen molar-refractivity contribution in [2.75, 3.05) is 26.2 Å². The van der Waals surface area contributed by atoms with Crippen molar-refractivity contribution in [2.24, 2.45) is 0 Å². The number of carboxylic acids is 1. The monoisotopic (exact) mass is 440 g/mol. The summed E-state index contributed by atoms with van der Waals surface area (Å²) < 4.78 is 10.7. The molecule has 0 unspecified atom stereocenters. The van der Waals surface area contributed by atoms with Gasteiger partial charge < -0.3 is 19.9 Å². The number of amides is 2. The Morgan fingerprint density at radius 1 is 1.00 bits per heavy atom. The summed E-state index contributed by atoms with van der Waals surface area (Å²) in [6.45, 7) is 4.77. The van der Waals surface area contributed by atoms with Gasteiger partial charge in [0, 0.05) is 19.0 Å². The summed E-state index contributed by atoms with van der Waals surface area (Å²) >= 11 is 0. The number of carboxylic acid groups (broad SMARTS) is 1. The lowest BCUT2D eigenvalue weighted by atomic mass is 9.98. The van der Waals surface area contributed by atoms with Gasteiger partial charge in [-0.15, -0.1) is 0 Å². The maximum absolute atomic E-state index is 12.7. The van der Waals surface area contributed by atoms with E-state index in [2.05, 4.69) is 5.32 Å². The van der Waals surface area contributed by atoms with E-state index in [-0.39, 0.29) is 25.6 Å². The summed E-state index contributed by atoms with van der Waals surface area (Å²) in [6, 6.07) is 15.9. The highest BCUT2D eigenvalue weighted by Gasteiger charge is 2.30. The van der Waals surface area contributed by atoms with Crippen molar-refractivity contribution >= 4 is 18.2 Å². The number of nitrogens with one attached hydrogen (secondary N) is 1. The van der Waals surface area contributed by atoms with Crippen LogP contribution in [-0.4, -0.2) is 60.0 Å². The van der Waals surface area contributed by atoms with E-state index in [4.69, 9.17) is 9.47 Å². The number of alkyl carbamates (subject to hydrolysis) is 1. The van der Waals surface area contributed by atoms with Crippen LogP contribution >= 0.6 is 0 Å². The van der Waals surface area contributed by atoms with Gasteiger partial charge in [0.25, 0.3) is 0 Å². The van der Waals surface area contributed by atoms with Gasteiger partial charge in [0.2, 0.25) is 0 Å². The third kappa shape index (κ3) is 5.78. The quantitative estimate of drug-likeness (QED) is 0.678. The molecule has 32 heavy (non-hydrogen) atoms. The molecule has 0 atom stereocenters. The number of carbonyl (C=O) groups excluding carboxylic acids is 2. The minimum absolute atomic E-state index is 0.0256. The molecule has 0 spiro atoms. The first-order valence-electron chi connectivity index (χ1n) is 10.4. The Bertz CT molecular complexity index is 952. The maximum Gasteiger partial charge on any atom is 0.410 e. The van der Waals surface area contributed by atoms with Crippen LogP contribution in [0.3, 0.4) is 0 Å². The number of hydrogen-bond acceptors (Lipinski definition) is 5. The van der Waals surface area contributed by atoms with Gasteiger partial charge in [-0.25, -0.2) is 9.59 Å². The van der Waals surface area contributed by atoms with E-state index in [0.29, 0.717) is 0 Å². The van der Waals surface area contributed by atoms with Crippen LogP contribution in [0.1, 0.15) is 37.8 Å². The summed E-state index contributed by atoms with van der Waals surface area (Å²) in [6.07, 6.45) is -1.39. The molecule has 0 aliphatic heterocycles. The summed E-state index contributed by atoms with van der Waals surface area (Å²) in [7, 11) is 0. The third-order valence-corrected chi connectivity index (χ3v) is 4.97. The Balaban J connectivity index is 1.62. The van der Waals surface area contributed by atoms with Gasteiger partial charge in [0.15, 0.2) is 0 Å². The van der Waals surface area contributed by atoms with E-state index in [1.807, 2.05) is 48.5 Å². The van der Waals surface area contributed by atoms with E-state index in [9.17, 15) is 19.5 Å². The zero-order valence-corrected chi connectivity index (χ0v) is 18.5. The molecule has 1 aliphatic rings. The molecule has 8 nitrogen and oxygen atoms in total. The molecule has 2 N–H and O–H groups in total. The Hall–Kier alpha value is -3.55. The van der Waals surface area contributed by atoms with Crippen molar-refractivity contribution < 1.29 is 29.0 Å². The highest BCUT2D eigenvalue weighted by molar-refractivity contribution is 5.79. The molecule has 0 saturated carbocycles. The van der Waals surface area contributed by atoms with Crippen molar-refractivity contribution in [3.05, 3.63) is 59.7 Å². The van der Waals surface area contributed by atoms with Gasteiger partial charge >= 0.3 is 18.2 Å². The van der Waals surface area contributed by atoms with E-state index in [1.54, 1.807) is 20.8 Å². The molecule has 0 saturated heterocycles. The Morgan fingerprint density at radius 2 is 1.56 bits per heavy atom. The summed E-state index contributed by atoms with van der Waals surface area (Å²) in [5.74, 6) is -1.30. The first kappa shape index (κ1) is 23.1. The molecule has 0 heterocycles. The molecule has 3 rings (SSSR count). The number of aliphatic carboxylic acids is 1. The zero-order chi connectivity index (χ0) is 23.3. The average Bonchev–Trinajstić information content (AvgIpc) is 3.03. The molecule has 0 radical (unpaired) electrons. The van der Waals surface area contributed by atoms with Gasteiger partial charge in [-0.3, -0.25) is 9.69 Å². The Labute approximate surface area is 187 Å². The number of rotatable bonds is 7. The van der Waals surface area contributed by atoms with Crippen molar-refractivity contribution in [1.82, 2.24) is 10.2 Å². The van der Waals surface area contributed by atoms with Crippen molar-refractivity contribution in [2.45, 2.75) is 32.3 Å². The molecule has 0 bridgehead atoms. The summed E-state index contributed by atoms with van der Waals surface area (Å²) in [5, 5.41) is 11.7. The number of carbonyl (C=O) groups is 3. The third-order valence-electron chi connectivity index (χ3n) is 4.97. The topological polar surface area (TPSA) is 105 Å². The molecular weight excluding hydrogens is 412 g/mol. The number of hydrogen-bond donors (Lipinski definition) is 2. The highest BCUT2D eigenvalue weighted by Crippen LogP contribution is 2.44. The molecule has 2 aromatic rings.